The number of sulfonamides is 1. The zero-order chi connectivity index (χ0) is 12.7. The van der Waals surface area contributed by atoms with E-state index in [-0.39, 0.29) is 10.6 Å². The predicted octanol–water partition coefficient (Wildman–Crippen LogP) is 1.44. The number of aryl methyl sites for hydroxylation is 1. The molecule has 1 heterocycles. The highest BCUT2D eigenvalue weighted by atomic mass is 32.2. The lowest BCUT2D eigenvalue weighted by Gasteiger charge is -2.25. The van der Waals surface area contributed by atoms with Crippen molar-refractivity contribution in [3.8, 4) is 0 Å². The van der Waals surface area contributed by atoms with Crippen molar-refractivity contribution in [1.82, 2.24) is 14.7 Å². The van der Waals surface area contributed by atoms with Gasteiger partial charge in [0.2, 0.25) is 0 Å². The van der Waals surface area contributed by atoms with E-state index in [1.54, 1.807) is 0 Å². The van der Waals surface area contributed by atoms with Gasteiger partial charge in [-0.05, 0) is 32.6 Å². The van der Waals surface area contributed by atoms with Crippen molar-refractivity contribution < 1.29 is 8.42 Å². The lowest BCUT2D eigenvalue weighted by atomic mass is 10.0. The average molecular weight is 257 g/mol. The van der Waals surface area contributed by atoms with Gasteiger partial charge in [-0.15, -0.1) is 0 Å². The number of aromatic amines is 1. The zero-order valence-electron chi connectivity index (χ0n) is 10.4. The maximum atomic E-state index is 12.1. The van der Waals surface area contributed by atoms with Gasteiger partial charge in [-0.2, -0.15) is 0 Å². The standard InChI is InChI=1S/C11H19N3O2S/c1-4-9-12-7-10(13-9)17(15,16)14-11(2,3)8-5-6-8/h7-8,14H,4-6H2,1-3H3,(H,12,13). The van der Waals surface area contributed by atoms with Gasteiger partial charge in [-0.3, -0.25) is 0 Å². The zero-order valence-corrected chi connectivity index (χ0v) is 11.3. The molecule has 1 fully saturated rings. The van der Waals surface area contributed by atoms with E-state index in [9.17, 15) is 8.42 Å². The molecule has 0 saturated heterocycles. The molecular formula is C11H19N3O2S. The van der Waals surface area contributed by atoms with Gasteiger partial charge in [0.05, 0.1) is 6.20 Å². The SMILES string of the molecule is CCc1ncc(S(=O)(=O)NC(C)(C)C2CC2)[nH]1. The number of H-pyrrole nitrogens is 1. The predicted molar refractivity (Wildman–Crippen MR) is 65.1 cm³/mol. The molecule has 0 spiro atoms. The van der Waals surface area contributed by atoms with Crippen LogP contribution in [0.4, 0.5) is 0 Å². The summed E-state index contributed by atoms with van der Waals surface area (Å²) in [5, 5.41) is 0.156. The molecule has 0 radical (unpaired) electrons. The second kappa shape index (κ2) is 4.10. The van der Waals surface area contributed by atoms with E-state index in [1.165, 1.54) is 6.20 Å². The Labute approximate surface area is 102 Å². The van der Waals surface area contributed by atoms with Crippen LogP contribution in [0.25, 0.3) is 0 Å². The summed E-state index contributed by atoms with van der Waals surface area (Å²) in [7, 11) is -3.48. The van der Waals surface area contributed by atoms with Gasteiger partial charge in [-0.1, -0.05) is 6.92 Å². The molecule has 1 saturated carbocycles. The third-order valence-corrected chi connectivity index (χ3v) is 4.81. The molecule has 2 N–H and O–H groups in total. The topological polar surface area (TPSA) is 74.8 Å². The lowest BCUT2D eigenvalue weighted by Crippen LogP contribution is -2.45. The summed E-state index contributed by atoms with van der Waals surface area (Å²) in [6.45, 7) is 5.79. The molecule has 0 atom stereocenters. The van der Waals surface area contributed by atoms with Crippen LogP contribution >= 0.6 is 0 Å². The van der Waals surface area contributed by atoms with Gasteiger partial charge < -0.3 is 4.98 Å². The fraction of sp³-hybridized carbons (Fsp3) is 0.727. The van der Waals surface area contributed by atoms with Crippen LogP contribution in [0.15, 0.2) is 11.2 Å². The average Bonchev–Trinajstić information content (AvgIpc) is 2.95. The third-order valence-electron chi connectivity index (χ3n) is 3.22. The van der Waals surface area contributed by atoms with Crippen molar-refractivity contribution >= 4 is 10.0 Å². The van der Waals surface area contributed by atoms with Crippen LogP contribution in [0.1, 0.15) is 39.4 Å². The minimum Gasteiger partial charge on any atom is -0.332 e. The van der Waals surface area contributed by atoms with Gasteiger partial charge in [0.15, 0.2) is 5.03 Å². The molecule has 6 heteroatoms. The number of nitrogens with zero attached hydrogens (tertiary/aromatic N) is 1. The summed E-state index contributed by atoms with van der Waals surface area (Å²) in [6.07, 6.45) is 4.27. The minimum absolute atomic E-state index is 0.156. The van der Waals surface area contributed by atoms with Crippen LogP contribution in [-0.4, -0.2) is 23.9 Å². The van der Waals surface area contributed by atoms with Gasteiger partial charge in [0, 0.05) is 12.0 Å². The molecule has 1 aromatic heterocycles. The monoisotopic (exact) mass is 257 g/mol. The number of hydrogen-bond acceptors (Lipinski definition) is 3. The highest BCUT2D eigenvalue weighted by molar-refractivity contribution is 7.89. The van der Waals surface area contributed by atoms with Crippen molar-refractivity contribution in [2.45, 2.75) is 50.6 Å². The van der Waals surface area contributed by atoms with Gasteiger partial charge in [0.25, 0.3) is 10.0 Å². The number of nitrogens with one attached hydrogen (secondary N) is 2. The first-order valence-electron chi connectivity index (χ1n) is 5.93. The molecule has 0 aliphatic heterocycles. The van der Waals surface area contributed by atoms with Crippen molar-refractivity contribution in [2.75, 3.05) is 0 Å². The Hall–Kier alpha value is -0.880. The first-order chi connectivity index (χ1) is 7.85. The molecule has 5 nitrogen and oxygen atoms in total. The Morgan fingerprint density at radius 1 is 1.53 bits per heavy atom. The second-order valence-corrected chi connectivity index (χ2v) is 6.80. The van der Waals surface area contributed by atoms with Gasteiger partial charge in [0.1, 0.15) is 5.82 Å². The largest absolute Gasteiger partial charge is 0.332 e. The van der Waals surface area contributed by atoms with Crippen molar-refractivity contribution in [3.05, 3.63) is 12.0 Å². The highest BCUT2D eigenvalue weighted by Gasteiger charge is 2.40. The van der Waals surface area contributed by atoms with Gasteiger partial charge >= 0.3 is 0 Å². The normalized spacial score (nSPS) is 17.4. The van der Waals surface area contributed by atoms with Crippen LogP contribution < -0.4 is 4.72 Å². The van der Waals surface area contributed by atoms with Crippen LogP contribution in [0.2, 0.25) is 0 Å². The van der Waals surface area contributed by atoms with E-state index in [2.05, 4.69) is 14.7 Å². The summed E-state index contributed by atoms with van der Waals surface area (Å²) in [5.74, 6) is 1.14. The number of hydrogen-bond donors (Lipinski definition) is 2. The summed E-state index contributed by atoms with van der Waals surface area (Å²) in [4.78, 5) is 6.84. The molecule has 0 aromatic carbocycles. The van der Waals surface area contributed by atoms with Gasteiger partial charge in [-0.25, -0.2) is 18.1 Å². The summed E-state index contributed by atoms with van der Waals surface area (Å²) >= 11 is 0. The Morgan fingerprint density at radius 3 is 2.65 bits per heavy atom. The highest BCUT2D eigenvalue weighted by Crippen LogP contribution is 2.39. The van der Waals surface area contributed by atoms with E-state index >= 15 is 0 Å². The molecule has 0 amide bonds. The van der Waals surface area contributed by atoms with Crippen molar-refractivity contribution in [3.63, 3.8) is 0 Å². The molecule has 1 aliphatic carbocycles. The smallest absolute Gasteiger partial charge is 0.258 e. The van der Waals surface area contributed by atoms with E-state index in [1.807, 2.05) is 20.8 Å². The van der Waals surface area contributed by atoms with E-state index < -0.39 is 10.0 Å². The minimum atomic E-state index is -3.48. The molecule has 2 rings (SSSR count). The summed E-state index contributed by atoms with van der Waals surface area (Å²) < 4.78 is 27.0. The van der Waals surface area contributed by atoms with E-state index in [0.717, 1.165) is 12.8 Å². The lowest BCUT2D eigenvalue weighted by molar-refractivity contribution is 0.400. The van der Waals surface area contributed by atoms with E-state index in [0.29, 0.717) is 18.2 Å². The van der Waals surface area contributed by atoms with Crippen molar-refractivity contribution in [2.24, 2.45) is 5.92 Å². The number of imidazole rings is 1. The maximum absolute atomic E-state index is 12.1. The molecule has 17 heavy (non-hydrogen) atoms. The first kappa shape index (κ1) is 12.6. The Kier molecular flexibility index (Phi) is 3.03. The van der Waals surface area contributed by atoms with Crippen molar-refractivity contribution in [1.29, 1.82) is 0 Å². The van der Waals surface area contributed by atoms with Crippen LogP contribution in [0.3, 0.4) is 0 Å². The van der Waals surface area contributed by atoms with Crippen LogP contribution in [-0.2, 0) is 16.4 Å². The van der Waals surface area contributed by atoms with Crippen LogP contribution in [0.5, 0.6) is 0 Å². The molecule has 1 aromatic rings. The first-order valence-corrected chi connectivity index (χ1v) is 7.41. The molecular weight excluding hydrogens is 238 g/mol. The number of aromatic nitrogens is 2. The fourth-order valence-corrected chi connectivity index (χ4v) is 3.36. The second-order valence-electron chi connectivity index (χ2n) is 5.15. The Morgan fingerprint density at radius 2 is 2.18 bits per heavy atom. The number of rotatable bonds is 5. The quantitative estimate of drug-likeness (QED) is 0.838. The van der Waals surface area contributed by atoms with Crippen LogP contribution in [0, 0.1) is 5.92 Å². The molecule has 96 valence electrons. The summed E-state index contributed by atoms with van der Waals surface area (Å²) in [5.41, 5.74) is -0.379. The molecule has 0 bridgehead atoms. The fourth-order valence-electron chi connectivity index (χ4n) is 1.95. The molecule has 1 aliphatic rings. The Bertz CT molecular complexity index is 501. The summed E-state index contributed by atoms with van der Waals surface area (Å²) in [6, 6.07) is 0. The molecule has 0 unspecified atom stereocenters. The third kappa shape index (κ3) is 2.69. The van der Waals surface area contributed by atoms with E-state index in [4.69, 9.17) is 0 Å². The Balaban J connectivity index is 2.18. The maximum Gasteiger partial charge on any atom is 0.258 e.